The number of pyridine rings is 1. The van der Waals surface area contributed by atoms with Crippen LogP contribution in [0.15, 0.2) is 30.9 Å². The van der Waals surface area contributed by atoms with Crippen molar-refractivity contribution < 1.29 is 22.8 Å². The van der Waals surface area contributed by atoms with E-state index in [4.69, 9.17) is 11.6 Å². The first-order chi connectivity index (χ1) is 18.5. The Balaban J connectivity index is 1.33. The van der Waals surface area contributed by atoms with Crippen molar-refractivity contribution in [2.24, 2.45) is 0 Å². The summed E-state index contributed by atoms with van der Waals surface area (Å²) in [5.74, 6) is -0.914. The predicted octanol–water partition coefficient (Wildman–Crippen LogP) is 4.64. The molecule has 3 aromatic rings. The molecule has 2 amide bonds. The van der Waals surface area contributed by atoms with Gasteiger partial charge >= 0.3 is 6.18 Å². The summed E-state index contributed by atoms with van der Waals surface area (Å²) in [6.45, 7) is 3.51. The summed E-state index contributed by atoms with van der Waals surface area (Å²) in [5, 5.41) is 8.17. The third-order valence-corrected chi connectivity index (χ3v) is 7.70. The minimum atomic E-state index is -4.70. The predicted molar refractivity (Wildman–Crippen MR) is 141 cm³/mol. The summed E-state index contributed by atoms with van der Waals surface area (Å²) in [4.78, 5) is 43.9. The van der Waals surface area contributed by atoms with Gasteiger partial charge in [0.25, 0.3) is 11.8 Å². The summed E-state index contributed by atoms with van der Waals surface area (Å²) in [6, 6.07) is 2.19. The molecule has 1 aliphatic heterocycles. The molecule has 4 heterocycles. The zero-order valence-corrected chi connectivity index (χ0v) is 22.6. The topological polar surface area (TPSA) is 125 Å². The monoisotopic (exact) mass is 582 g/mol. The van der Waals surface area contributed by atoms with E-state index in [-0.39, 0.29) is 16.4 Å². The number of thiazole rings is 1. The van der Waals surface area contributed by atoms with Crippen molar-refractivity contribution in [1.82, 2.24) is 30.2 Å². The van der Waals surface area contributed by atoms with Crippen LogP contribution in [0.1, 0.15) is 63.0 Å². The number of nitrogens with zero attached hydrogens (tertiary/aromatic N) is 5. The second-order valence-corrected chi connectivity index (χ2v) is 10.5. The number of carbonyl (C=O) groups is 2. The fourth-order valence-electron chi connectivity index (χ4n) is 4.12. The highest BCUT2D eigenvalue weighted by atomic mass is 35.5. The number of anilines is 2. The number of carbonyl (C=O) groups excluding carboxylic acids is 2. The Morgan fingerprint density at radius 3 is 2.67 bits per heavy atom. The van der Waals surface area contributed by atoms with Gasteiger partial charge in [0.05, 0.1) is 22.8 Å². The van der Waals surface area contributed by atoms with Gasteiger partial charge in [0.2, 0.25) is 0 Å². The molecule has 0 aliphatic carbocycles. The molecule has 4 rings (SSSR count). The Kier molecular flexibility index (Phi) is 8.97. The maximum Gasteiger partial charge on any atom is 0.418 e. The highest BCUT2D eigenvalue weighted by molar-refractivity contribution is 7.13. The van der Waals surface area contributed by atoms with Gasteiger partial charge in [0.15, 0.2) is 0 Å². The van der Waals surface area contributed by atoms with Crippen molar-refractivity contribution in [2.75, 3.05) is 30.8 Å². The molecule has 0 aromatic carbocycles. The minimum Gasteiger partial charge on any atom is -0.370 e. The van der Waals surface area contributed by atoms with Crippen molar-refractivity contribution in [3.63, 3.8) is 0 Å². The lowest BCUT2D eigenvalue weighted by Gasteiger charge is -2.19. The molecule has 0 radical (unpaired) electrons. The van der Waals surface area contributed by atoms with Crippen molar-refractivity contribution >= 4 is 46.4 Å². The van der Waals surface area contributed by atoms with Crippen LogP contribution in [0.4, 0.5) is 24.8 Å². The number of aromatic nitrogens is 4. The second kappa shape index (κ2) is 12.2. The van der Waals surface area contributed by atoms with E-state index < -0.39 is 34.6 Å². The van der Waals surface area contributed by atoms with Crippen molar-refractivity contribution in [3.8, 4) is 0 Å². The Labute approximate surface area is 231 Å². The summed E-state index contributed by atoms with van der Waals surface area (Å²) in [5.41, 5.74) is -0.943. The highest BCUT2D eigenvalue weighted by Gasteiger charge is 2.34. The van der Waals surface area contributed by atoms with Gasteiger partial charge in [-0.1, -0.05) is 11.6 Å². The van der Waals surface area contributed by atoms with E-state index in [2.05, 4.69) is 47.8 Å². The molecule has 1 aliphatic rings. The molecule has 1 fully saturated rings. The van der Waals surface area contributed by atoms with E-state index in [0.717, 1.165) is 37.0 Å². The van der Waals surface area contributed by atoms with E-state index in [1.807, 2.05) is 0 Å². The summed E-state index contributed by atoms with van der Waals surface area (Å²) in [6.07, 6.45) is 2.04. The van der Waals surface area contributed by atoms with Gasteiger partial charge in [0.1, 0.15) is 33.5 Å². The zero-order chi connectivity index (χ0) is 28.2. The van der Waals surface area contributed by atoms with Crippen LogP contribution in [0.25, 0.3) is 0 Å². The highest BCUT2D eigenvalue weighted by Crippen LogP contribution is 2.35. The van der Waals surface area contributed by atoms with E-state index in [1.54, 1.807) is 13.0 Å². The molecular formula is C24H26ClF3N8O2S. The summed E-state index contributed by atoms with van der Waals surface area (Å²) in [7, 11) is 2.12. The maximum atomic E-state index is 13.1. The van der Waals surface area contributed by atoms with Gasteiger partial charge in [-0.3, -0.25) is 9.59 Å². The Bertz CT molecular complexity index is 1340. The lowest BCUT2D eigenvalue weighted by atomic mass is 10.1. The molecular weight excluding hydrogens is 557 g/mol. The van der Waals surface area contributed by atoms with Gasteiger partial charge in [-0.15, -0.1) is 11.3 Å². The van der Waals surface area contributed by atoms with Gasteiger partial charge < -0.3 is 20.9 Å². The SMILES string of the molecule is CC(NC(=O)c1cc(NCCC2CCCN2C)ncn1)c1ncc(C(=O)Nc2cc(C(F)(F)F)c(Cl)cn2)s1. The van der Waals surface area contributed by atoms with Crippen LogP contribution in [0, 0.1) is 0 Å². The number of hydrogen-bond donors (Lipinski definition) is 3. The van der Waals surface area contributed by atoms with Gasteiger partial charge in [-0.05, 0) is 45.8 Å². The summed E-state index contributed by atoms with van der Waals surface area (Å²) >= 11 is 6.55. The van der Waals surface area contributed by atoms with Crippen molar-refractivity contribution in [1.29, 1.82) is 0 Å². The summed E-state index contributed by atoms with van der Waals surface area (Å²) < 4.78 is 39.2. The number of alkyl halides is 3. The first kappa shape index (κ1) is 28.6. The van der Waals surface area contributed by atoms with Crippen LogP contribution in [-0.4, -0.2) is 62.8 Å². The van der Waals surface area contributed by atoms with Crippen molar-refractivity contribution in [2.45, 2.75) is 44.4 Å². The van der Waals surface area contributed by atoms with E-state index in [0.29, 0.717) is 22.9 Å². The molecule has 3 N–H and O–H groups in total. The number of hydrogen-bond acceptors (Lipinski definition) is 9. The molecule has 2 atom stereocenters. The molecule has 2 unspecified atom stereocenters. The molecule has 1 saturated heterocycles. The third kappa shape index (κ3) is 7.40. The molecule has 3 aromatic heterocycles. The molecule has 0 bridgehead atoms. The Hall–Kier alpha value is -3.36. The quantitative estimate of drug-likeness (QED) is 0.333. The van der Waals surface area contributed by atoms with E-state index in [9.17, 15) is 22.8 Å². The average Bonchev–Trinajstić information content (AvgIpc) is 3.54. The third-order valence-electron chi connectivity index (χ3n) is 6.22. The fourth-order valence-corrected chi connectivity index (χ4v) is 5.14. The average molecular weight is 583 g/mol. The largest absolute Gasteiger partial charge is 0.418 e. The number of amides is 2. The first-order valence-electron chi connectivity index (χ1n) is 12.1. The van der Waals surface area contributed by atoms with Gasteiger partial charge in [-0.25, -0.2) is 19.9 Å². The lowest BCUT2D eigenvalue weighted by molar-refractivity contribution is -0.137. The normalized spacial score (nSPS) is 16.6. The Morgan fingerprint density at radius 2 is 1.95 bits per heavy atom. The molecule has 39 heavy (non-hydrogen) atoms. The van der Waals surface area contributed by atoms with Crippen LogP contribution >= 0.6 is 22.9 Å². The lowest BCUT2D eigenvalue weighted by Crippen LogP contribution is -2.28. The first-order valence-corrected chi connectivity index (χ1v) is 13.3. The minimum absolute atomic E-state index is 0.123. The number of likely N-dealkylation sites (tertiary alicyclic amines) is 1. The zero-order valence-electron chi connectivity index (χ0n) is 21.0. The molecule has 0 spiro atoms. The Morgan fingerprint density at radius 1 is 1.15 bits per heavy atom. The number of rotatable bonds is 9. The maximum absolute atomic E-state index is 13.1. The van der Waals surface area contributed by atoms with Gasteiger partial charge in [-0.2, -0.15) is 13.2 Å². The van der Waals surface area contributed by atoms with E-state index in [1.165, 1.54) is 25.4 Å². The molecule has 208 valence electrons. The van der Waals surface area contributed by atoms with Crippen LogP contribution in [0.3, 0.4) is 0 Å². The van der Waals surface area contributed by atoms with Crippen LogP contribution in [-0.2, 0) is 6.18 Å². The molecule has 0 saturated carbocycles. The van der Waals surface area contributed by atoms with E-state index >= 15 is 0 Å². The number of nitrogens with one attached hydrogen (secondary N) is 3. The fraction of sp³-hybridized carbons (Fsp3) is 0.417. The second-order valence-electron chi connectivity index (χ2n) is 9.04. The smallest absolute Gasteiger partial charge is 0.370 e. The van der Waals surface area contributed by atoms with Crippen LogP contribution in [0.5, 0.6) is 0 Å². The standard InChI is InChI=1S/C24H26ClF3N8O2S/c1-13(34-21(37)17-9-19(33-12-32-17)29-6-5-14-4-3-7-36(14)2)23-31-11-18(39-23)22(38)35-20-8-15(24(26,27)28)16(25)10-30-20/h8-14H,3-7H2,1-2H3,(H,34,37)(H,29,32,33)(H,30,35,38). The van der Waals surface area contributed by atoms with Crippen molar-refractivity contribution in [3.05, 3.63) is 57.0 Å². The number of halogens is 4. The van der Waals surface area contributed by atoms with Crippen LogP contribution < -0.4 is 16.0 Å². The molecule has 10 nitrogen and oxygen atoms in total. The molecule has 15 heteroatoms. The van der Waals surface area contributed by atoms with Crippen LogP contribution in [0.2, 0.25) is 5.02 Å². The van der Waals surface area contributed by atoms with Gasteiger partial charge in [0, 0.05) is 24.8 Å².